The molecule has 0 aliphatic carbocycles. The van der Waals surface area contributed by atoms with Crippen LogP contribution in [-0.2, 0) is 11.2 Å². The lowest BCUT2D eigenvalue weighted by molar-refractivity contribution is -0.130. The first-order chi connectivity index (χ1) is 15.0. The molecule has 1 fully saturated rings. The molecular formula is C22H22N6O3. The number of aromatic nitrogens is 4. The van der Waals surface area contributed by atoms with Crippen LogP contribution in [0.15, 0.2) is 48.8 Å². The number of nitrogens with zero attached hydrogens (tertiary/aromatic N) is 4. The summed E-state index contributed by atoms with van der Waals surface area (Å²) in [4.78, 5) is 38.2. The van der Waals surface area contributed by atoms with Gasteiger partial charge in [-0.15, -0.1) is 0 Å². The number of primary amides is 1. The molecule has 1 aromatic carbocycles. The molecule has 1 aliphatic heterocycles. The molecule has 4 N–H and O–H groups in total. The number of aliphatic hydroxyl groups excluding tert-OH is 1. The highest BCUT2D eigenvalue weighted by Gasteiger charge is 2.35. The average molecular weight is 418 g/mol. The minimum absolute atomic E-state index is 0.0377. The van der Waals surface area contributed by atoms with E-state index in [2.05, 4.69) is 15.0 Å². The number of pyridine rings is 1. The highest BCUT2D eigenvalue weighted by atomic mass is 16.3. The minimum Gasteiger partial charge on any atom is -0.389 e. The lowest BCUT2D eigenvalue weighted by atomic mass is 10.2. The maximum atomic E-state index is 12.8. The number of likely N-dealkylation sites (tertiary alicyclic amines) is 1. The highest BCUT2D eigenvalue weighted by molar-refractivity contribution is 6.04. The van der Waals surface area contributed by atoms with Gasteiger partial charge in [-0.2, -0.15) is 0 Å². The molecule has 1 aliphatic rings. The number of amides is 2. The minimum atomic E-state index is -0.732. The third-order valence-corrected chi connectivity index (χ3v) is 5.86. The van der Waals surface area contributed by atoms with Gasteiger partial charge in [-0.05, 0) is 24.3 Å². The molecule has 2 amide bonds. The predicted octanol–water partition coefficient (Wildman–Crippen LogP) is 1.39. The van der Waals surface area contributed by atoms with E-state index >= 15 is 0 Å². The molecule has 1 saturated heterocycles. The number of aliphatic hydroxyl groups is 1. The summed E-state index contributed by atoms with van der Waals surface area (Å²) in [5.41, 5.74) is 8.23. The van der Waals surface area contributed by atoms with E-state index in [1.807, 2.05) is 28.8 Å². The van der Waals surface area contributed by atoms with E-state index in [0.29, 0.717) is 36.0 Å². The first-order valence-corrected chi connectivity index (χ1v) is 10.2. The second-order valence-electron chi connectivity index (χ2n) is 7.82. The molecule has 4 aromatic rings. The predicted molar refractivity (Wildman–Crippen MR) is 114 cm³/mol. The third-order valence-electron chi connectivity index (χ3n) is 5.86. The van der Waals surface area contributed by atoms with Crippen LogP contribution in [0.4, 0.5) is 0 Å². The smallest absolute Gasteiger partial charge is 0.249 e. The maximum absolute atomic E-state index is 12.8. The first-order valence-electron chi connectivity index (χ1n) is 10.2. The Hall–Kier alpha value is -3.72. The fraction of sp³-hybridized carbons (Fsp3) is 0.273. The van der Waals surface area contributed by atoms with Crippen LogP contribution in [0.2, 0.25) is 0 Å². The standard InChI is InChI=1S/C22H22N6O3/c23-21(31)13-7-9-24-22-14(13)8-10-28(22)17-11-27(12-18(17)29)20(30)6-5-19-25-15-3-1-2-4-16(15)26-19/h1-4,7-10,17-18,29H,5-6,11-12H2,(H2,23,31)(H,25,26)/t17-,18-/m1/s1. The van der Waals surface area contributed by atoms with E-state index in [1.165, 1.54) is 6.20 Å². The number of fused-ring (bicyclic) bond motifs is 2. The quantitative estimate of drug-likeness (QED) is 0.451. The second-order valence-corrected chi connectivity index (χ2v) is 7.82. The number of nitrogens with two attached hydrogens (primary N) is 1. The monoisotopic (exact) mass is 418 g/mol. The van der Waals surface area contributed by atoms with Crippen molar-refractivity contribution < 1.29 is 14.7 Å². The van der Waals surface area contributed by atoms with E-state index in [1.54, 1.807) is 23.2 Å². The van der Waals surface area contributed by atoms with Crippen molar-refractivity contribution >= 4 is 33.9 Å². The number of hydrogen-bond donors (Lipinski definition) is 3. The number of imidazole rings is 1. The molecule has 2 atom stereocenters. The Morgan fingerprint density at radius 3 is 2.84 bits per heavy atom. The van der Waals surface area contributed by atoms with Crippen molar-refractivity contribution in [1.82, 2.24) is 24.4 Å². The summed E-state index contributed by atoms with van der Waals surface area (Å²) in [7, 11) is 0. The Morgan fingerprint density at radius 1 is 1.19 bits per heavy atom. The molecule has 158 valence electrons. The van der Waals surface area contributed by atoms with Crippen LogP contribution < -0.4 is 5.73 Å². The number of hydrogen-bond acceptors (Lipinski definition) is 5. The molecule has 9 nitrogen and oxygen atoms in total. The fourth-order valence-corrected chi connectivity index (χ4v) is 4.29. The summed E-state index contributed by atoms with van der Waals surface area (Å²) < 4.78 is 1.82. The summed E-state index contributed by atoms with van der Waals surface area (Å²) in [6.07, 6.45) is 3.37. The van der Waals surface area contributed by atoms with Crippen molar-refractivity contribution in [1.29, 1.82) is 0 Å². The molecule has 4 heterocycles. The fourth-order valence-electron chi connectivity index (χ4n) is 4.29. The van der Waals surface area contributed by atoms with Gasteiger partial charge in [0.1, 0.15) is 11.5 Å². The van der Waals surface area contributed by atoms with Gasteiger partial charge < -0.3 is 25.3 Å². The molecule has 0 bridgehead atoms. The van der Waals surface area contributed by atoms with Crippen LogP contribution in [0.25, 0.3) is 22.1 Å². The van der Waals surface area contributed by atoms with E-state index in [-0.39, 0.29) is 18.5 Å². The summed E-state index contributed by atoms with van der Waals surface area (Å²) in [5.74, 6) is 0.203. The number of aromatic amines is 1. The van der Waals surface area contributed by atoms with Crippen LogP contribution in [0.3, 0.4) is 0 Å². The van der Waals surface area contributed by atoms with Crippen LogP contribution in [-0.4, -0.2) is 60.5 Å². The molecular weight excluding hydrogens is 396 g/mol. The molecule has 3 aromatic heterocycles. The number of carbonyl (C=O) groups is 2. The van der Waals surface area contributed by atoms with Gasteiger partial charge in [0.2, 0.25) is 11.8 Å². The molecule has 9 heteroatoms. The third kappa shape index (κ3) is 3.42. The van der Waals surface area contributed by atoms with Gasteiger partial charge >= 0.3 is 0 Å². The molecule has 31 heavy (non-hydrogen) atoms. The highest BCUT2D eigenvalue weighted by Crippen LogP contribution is 2.28. The number of carbonyl (C=O) groups excluding carboxylic acids is 2. The van der Waals surface area contributed by atoms with Crippen LogP contribution in [0.5, 0.6) is 0 Å². The van der Waals surface area contributed by atoms with Gasteiger partial charge in [0.15, 0.2) is 0 Å². The second kappa shape index (κ2) is 7.51. The molecule has 0 spiro atoms. The topological polar surface area (TPSA) is 130 Å². The Bertz CT molecular complexity index is 1260. The molecule has 5 rings (SSSR count). The Kier molecular flexibility index (Phi) is 4.67. The normalized spacial score (nSPS) is 18.8. The van der Waals surface area contributed by atoms with E-state index < -0.39 is 12.0 Å². The van der Waals surface area contributed by atoms with Crippen LogP contribution in [0, 0.1) is 0 Å². The lowest BCUT2D eigenvalue weighted by Gasteiger charge is -2.17. The summed E-state index contributed by atoms with van der Waals surface area (Å²) in [6.45, 7) is 0.616. The zero-order chi connectivity index (χ0) is 21.5. The maximum Gasteiger partial charge on any atom is 0.249 e. The Morgan fingerprint density at radius 2 is 2.03 bits per heavy atom. The molecule has 0 unspecified atom stereocenters. The number of rotatable bonds is 5. The van der Waals surface area contributed by atoms with Gasteiger partial charge in [0.25, 0.3) is 0 Å². The number of β-amino-alcohol motifs (C(OH)–C–C–N with tert-alkyl or cyclic N) is 1. The number of para-hydroxylation sites is 2. The number of nitrogens with one attached hydrogen (secondary N) is 1. The summed E-state index contributed by atoms with van der Waals surface area (Å²) in [5, 5.41) is 11.3. The van der Waals surface area contributed by atoms with Gasteiger partial charge in [-0.3, -0.25) is 9.59 Å². The van der Waals surface area contributed by atoms with E-state index in [4.69, 9.17) is 5.73 Å². The number of benzene rings is 1. The van der Waals surface area contributed by atoms with Gasteiger partial charge in [0, 0.05) is 43.7 Å². The number of aryl methyl sites for hydroxylation is 1. The zero-order valence-corrected chi connectivity index (χ0v) is 16.7. The van der Waals surface area contributed by atoms with Gasteiger partial charge in [-0.1, -0.05) is 12.1 Å². The van der Waals surface area contributed by atoms with Crippen molar-refractivity contribution in [2.45, 2.75) is 25.0 Å². The van der Waals surface area contributed by atoms with Crippen LogP contribution in [0.1, 0.15) is 28.6 Å². The van der Waals surface area contributed by atoms with Crippen molar-refractivity contribution in [3.05, 3.63) is 60.2 Å². The molecule has 0 saturated carbocycles. The summed E-state index contributed by atoms with van der Waals surface area (Å²) in [6, 6.07) is 10.7. The van der Waals surface area contributed by atoms with Crippen LogP contribution >= 0.6 is 0 Å². The Balaban J connectivity index is 1.30. The SMILES string of the molecule is NC(=O)c1ccnc2c1ccn2[C@@H]1CN(C(=O)CCc2nc3ccccc3[nH]2)C[C@H]1O. The van der Waals surface area contributed by atoms with Crippen molar-refractivity contribution in [3.8, 4) is 0 Å². The first kappa shape index (κ1) is 19.3. The average Bonchev–Trinajstić information content (AvgIpc) is 3.47. The number of H-pyrrole nitrogens is 1. The zero-order valence-electron chi connectivity index (χ0n) is 16.7. The van der Waals surface area contributed by atoms with Crippen molar-refractivity contribution in [3.63, 3.8) is 0 Å². The largest absolute Gasteiger partial charge is 0.389 e. The van der Waals surface area contributed by atoms with E-state index in [0.717, 1.165) is 16.9 Å². The van der Waals surface area contributed by atoms with Crippen molar-refractivity contribution in [2.24, 2.45) is 5.73 Å². The Labute approximate surface area is 177 Å². The summed E-state index contributed by atoms with van der Waals surface area (Å²) >= 11 is 0. The molecule has 0 radical (unpaired) electrons. The van der Waals surface area contributed by atoms with Gasteiger partial charge in [0.05, 0.1) is 28.7 Å². The lowest BCUT2D eigenvalue weighted by Crippen LogP contribution is -2.29. The van der Waals surface area contributed by atoms with Crippen molar-refractivity contribution in [2.75, 3.05) is 13.1 Å². The van der Waals surface area contributed by atoms with E-state index in [9.17, 15) is 14.7 Å². The van der Waals surface area contributed by atoms with Gasteiger partial charge in [-0.25, -0.2) is 9.97 Å².